The molecule has 0 radical (unpaired) electrons. The van der Waals surface area contributed by atoms with Crippen LogP contribution in [0, 0.1) is 6.92 Å². The number of phenolic OH excluding ortho intramolecular Hbond substituents is 1. The van der Waals surface area contributed by atoms with Crippen molar-refractivity contribution in [1.29, 1.82) is 0 Å². The molecule has 1 saturated heterocycles. The minimum Gasteiger partial charge on any atom is -0.508 e. The number of aryl methyl sites for hydroxylation is 1. The summed E-state index contributed by atoms with van der Waals surface area (Å²) in [6, 6.07) is 15.0. The summed E-state index contributed by atoms with van der Waals surface area (Å²) in [6.07, 6.45) is 3.72. The average Bonchev–Trinajstić information content (AvgIpc) is 2.72. The Bertz CT molecular complexity index is 1010. The molecule has 1 fully saturated rings. The van der Waals surface area contributed by atoms with E-state index in [0.717, 1.165) is 24.3 Å². The van der Waals surface area contributed by atoms with Crippen molar-refractivity contribution in [2.75, 3.05) is 18.0 Å². The first-order valence-electron chi connectivity index (χ1n) is 9.83. The van der Waals surface area contributed by atoms with Crippen molar-refractivity contribution in [2.45, 2.75) is 32.7 Å². The Morgan fingerprint density at radius 1 is 1.11 bits per heavy atom. The van der Waals surface area contributed by atoms with E-state index in [1.807, 2.05) is 13.0 Å². The SMILES string of the molecule is Cc1cc(C(=O)NCc2ccccc2N2CCCCC2)c2cc(O)ccc2n1. The van der Waals surface area contributed by atoms with Crippen LogP contribution in [0.5, 0.6) is 5.75 Å². The number of nitrogens with zero attached hydrogens (tertiary/aromatic N) is 2. The number of aromatic nitrogens is 1. The van der Waals surface area contributed by atoms with Gasteiger partial charge in [0.05, 0.1) is 11.1 Å². The summed E-state index contributed by atoms with van der Waals surface area (Å²) in [5.41, 5.74) is 4.34. The van der Waals surface area contributed by atoms with Gasteiger partial charge >= 0.3 is 0 Å². The molecule has 0 spiro atoms. The summed E-state index contributed by atoms with van der Waals surface area (Å²) in [4.78, 5) is 19.8. The Morgan fingerprint density at radius 3 is 2.71 bits per heavy atom. The van der Waals surface area contributed by atoms with Gasteiger partial charge in [0.1, 0.15) is 5.75 Å². The number of pyridine rings is 1. The van der Waals surface area contributed by atoms with Gasteiger partial charge < -0.3 is 15.3 Å². The highest BCUT2D eigenvalue weighted by Gasteiger charge is 2.16. The Balaban J connectivity index is 1.57. The Kier molecular flexibility index (Phi) is 5.15. The standard InChI is InChI=1S/C23H25N3O2/c1-16-13-20(19-14-18(27)9-10-21(19)25-16)23(28)24-15-17-7-3-4-8-22(17)26-11-5-2-6-12-26/h3-4,7-10,13-14,27H,2,5-6,11-12,15H2,1H3,(H,24,28). The molecule has 0 bridgehead atoms. The number of fused-ring (bicyclic) bond motifs is 1. The number of hydrogen-bond donors (Lipinski definition) is 2. The van der Waals surface area contributed by atoms with Crippen LogP contribution in [-0.2, 0) is 6.54 Å². The van der Waals surface area contributed by atoms with Crippen molar-refractivity contribution in [1.82, 2.24) is 10.3 Å². The first kappa shape index (κ1) is 18.3. The molecule has 2 heterocycles. The molecule has 2 aromatic carbocycles. The first-order valence-corrected chi connectivity index (χ1v) is 9.83. The number of rotatable bonds is 4. The third-order valence-electron chi connectivity index (χ3n) is 5.29. The second-order valence-corrected chi connectivity index (χ2v) is 7.37. The molecule has 4 rings (SSSR count). The smallest absolute Gasteiger partial charge is 0.252 e. The normalized spacial score (nSPS) is 14.2. The second kappa shape index (κ2) is 7.89. The number of phenols is 1. The fraction of sp³-hybridized carbons (Fsp3) is 0.304. The Hall–Kier alpha value is -3.08. The molecule has 0 atom stereocenters. The number of aromatic hydroxyl groups is 1. The van der Waals surface area contributed by atoms with Crippen LogP contribution in [0.1, 0.15) is 40.9 Å². The molecular formula is C23H25N3O2. The summed E-state index contributed by atoms with van der Waals surface area (Å²) < 4.78 is 0. The van der Waals surface area contributed by atoms with Crippen molar-refractivity contribution in [3.8, 4) is 5.75 Å². The van der Waals surface area contributed by atoms with E-state index in [1.54, 1.807) is 24.3 Å². The molecule has 3 aromatic rings. The monoisotopic (exact) mass is 375 g/mol. The Labute approximate surface area is 165 Å². The highest BCUT2D eigenvalue weighted by molar-refractivity contribution is 6.06. The van der Waals surface area contributed by atoms with Gasteiger partial charge in [0.25, 0.3) is 5.91 Å². The van der Waals surface area contributed by atoms with Crippen molar-refractivity contribution >= 4 is 22.5 Å². The van der Waals surface area contributed by atoms with Crippen molar-refractivity contribution in [3.63, 3.8) is 0 Å². The number of hydrogen-bond acceptors (Lipinski definition) is 4. The lowest BCUT2D eigenvalue weighted by Gasteiger charge is -2.30. The van der Waals surface area contributed by atoms with Crippen LogP contribution < -0.4 is 10.2 Å². The molecule has 1 aromatic heterocycles. The van der Waals surface area contributed by atoms with Crippen LogP contribution in [0.2, 0.25) is 0 Å². The molecule has 1 aliphatic heterocycles. The number of piperidine rings is 1. The van der Waals surface area contributed by atoms with E-state index in [-0.39, 0.29) is 11.7 Å². The van der Waals surface area contributed by atoms with Gasteiger partial charge in [-0.1, -0.05) is 18.2 Å². The highest BCUT2D eigenvalue weighted by Crippen LogP contribution is 2.25. The molecule has 1 amide bonds. The molecule has 5 nitrogen and oxygen atoms in total. The van der Waals surface area contributed by atoms with Gasteiger partial charge in [0, 0.05) is 36.4 Å². The average molecular weight is 375 g/mol. The summed E-state index contributed by atoms with van der Waals surface area (Å²) in [5.74, 6) is -0.0304. The van der Waals surface area contributed by atoms with E-state index in [2.05, 4.69) is 33.4 Å². The van der Waals surface area contributed by atoms with E-state index in [4.69, 9.17) is 0 Å². The summed E-state index contributed by atoms with van der Waals surface area (Å²) in [7, 11) is 0. The first-order chi connectivity index (χ1) is 13.6. The lowest BCUT2D eigenvalue weighted by Crippen LogP contribution is -2.31. The largest absolute Gasteiger partial charge is 0.508 e. The van der Waals surface area contributed by atoms with Crippen LogP contribution in [0.3, 0.4) is 0 Å². The Morgan fingerprint density at radius 2 is 1.89 bits per heavy atom. The van der Waals surface area contributed by atoms with Crippen LogP contribution in [0.4, 0.5) is 5.69 Å². The number of nitrogens with one attached hydrogen (secondary N) is 1. The zero-order valence-electron chi connectivity index (χ0n) is 16.1. The fourth-order valence-electron chi connectivity index (χ4n) is 3.91. The number of anilines is 1. The maximum atomic E-state index is 12.9. The lowest BCUT2D eigenvalue weighted by atomic mass is 10.1. The molecule has 1 aliphatic rings. The number of carbonyl (C=O) groups excluding carboxylic acids is 1. The summed E-state index contributed by atoms with van der Waals surface area (Å²) in [6.45, 7) is 4.47. The molecule has 0 saturated carbocycles. The molecule has 5 heteroatoms. The van der Waals surface area contributed by atoms with Gasteiger partial charge in [0.2, 0.25) is 0 Å². The second-order valence-electron chi connectivity index (χ2n) is 7.37. The zero-order chi connectivity index (χ0) is 19.5. The molecule has 28 heavy (non-hydrogen) atoms. The lowest BCUT2D eigenvalue weighted by molar-refractivity contribution is 0.0952. The van der Waals surface area contributed by atoms with Crippen molar-refractivity contribution in [3.05, 3.63) is 65.4 Å². The van der Waals surface area contributed by atoms with E-state index < -0.39 is 0 Å². The van der Waals surface area contributed by atoms with Crippen LogP contribution in [0.15, 0.2) is 48.5 Å². The number of benzene rings is 2. The number of carbonyl (C=O) groups is 1. The van der Waals surface area contributed by atoms with Gasteiger partial charge in [-0.15, -0.1) is 0 Å². The van der Waals surface area contributed by atoms with Crippen LogP contribution in [-0.4, -0.2) is 29.1 Å². The van der Waals surface area contributed by atoms with Gasteiger partial charge in [-0.2, -0.15) is 0 Å². The fourth-order valence-corrected chi connectivity index (χ4v) is 3.91. The maximum Gasteiger partial charge on any atom is 0.252 e. The van der Waals surface area contributed by atoms with Gasteiger partial charge in [0.15, 0.2) is 0 Å². The molecule has 0 aliphatic carbocycles. The maximum absolute atomic E-state index is 12.9. The predicted molar refractivity (Wildman–Crippen MR) is 112 cm³/mol. The highest BCUT2D eigenvalue weighted by atomic mass is 16.3. The minimum atomic E-state index is -0.158. The van der Waals surface area contributed by atoms with Gasteiger partial charge in [-0.3, -0.25) is 9.78 Å². The van der Waals surface area contributed by atoms with E-state index in [1.165, 1.54) is 24.9 Å². The van der Waals surface area contributed by atoms with Gasteiger partial charge in [-0.25, -0.2) is 0 Å². The topological polar surface area (TPSA) is 65.5 Å². The van der Waals surface area contributed by atoms with E-state index in [9.17, 15) is 9.90 Å². The molecule has 0 unspecified atom stereocenters. The van der Waals surface area contributed by atoms with Crippen molar-refractivity contribution in [2.24, 2.45) is 0 Å². The third-order valence-corrected chi connectivity index (χ3v) is 5.29. The van der Waals surface area contributed by atoms with Gasteiger partial charge in [-0.05, 0) is 62.1 Å². The molecular weight excluding hydrogens is 350 g/mol. The quantitative estimate of drug-likeness (QED) is 0.718. The summed E-state index contributed by atoms with van der Waals surface area (Å²) >= 11 is 0. The molecule has 144 valence electrons. The van der Waals surface area contributed by atoms with E-state index in [0.29, 0.717) is 23.0 Å². The zero-order valence-corrected chi connectivity index (χ0v) is 16.1. The third kappa shape index (κ3) is 3.79. The number of amides is 1. The summed E-state index contributed by atoms with van der Waals surface area (Å²) in [5, 5.41) is 13.5. The molecule has 2 N–H and O–H groups in total. The van der Waals surface area contributed by atoms with Crippen LogP contribution >= 0.6 is 0 Å². The van der Waals surface area contributed by atoms with Crippen molar-refractivity contribution < 1.29 is 9.90 Å². The van der Waals surface area contributed by atoms with Crippen LogP contribution in [0.25, 0.3) is 10.9 Å². The number of para-hydroxylation sites is 1. The van der Waals surface area contributed by atoms with E-state index >= 15 is 0 Å². The predicted octanol–water partition coefficient (Wildman–Crippen LogP) is 4.17. The minimum absolute atomic E-state index is 0.127.